The van der Waals surface area contributed by atoms with Gasteiger partial charge in [0.25, 0.3) is 0 Å². The third-order valence-electron chi connectivity index (χ3n) is 2.08. The number of nitrogens with one attached hydrogen (secondary N) is 1. The van der Waals surface area contributed by atoms with Crippen LogP contribution in [-0.4, -0.2) is 12.2 Å². The molecular weight excluding hydrogens is 198 g/mol. The van der Waals surface area contributed by atoms with Crippen molar-refractivity contribution in [2.45, 2.75) is 0 Å². The second-order valence-corrected chi connectivity index (χ2v) is 3.06. The minimum atomic E-state index is -0.567. The zero-order chi connectivity index (χ0) is 11.0. The average molecular weight is 206 g/mol. The molecule has 15 heavy (non-hydrogen) atoms. The number of phenols is 1. The second kappa shape index (κ2) is 3.20. The number of hydrogen-bond donors (Lipinski definition) is 2. The number of benzene rings is 1. The zero-order valence-electron chi connectivity index (χ0n) is 7.90. The summed E-state index contributed by atoms with van der Waals surface area (Å²) >= 11 is 0. The zero-order valence-corrected chi connectivity index (χ0v) is 7.90. The smallest absolute Gasteiger partial charge is 0.359 e. The molecule has 2 N–H and O–H groups in total. The molecule has 5 nitrogen and oxygen atoms in total. The lowest BCUT2D eigenvalue weighted by molar-refractivity contribution is -0.270. The predicted octanol–water partition coefficient (Wildman–Crippen LogP) is 0.614. The molecule has 0 aliphatic carbocycles. The highest BCUT2D eigenvalue weighted by Gasteiger charge is 2.04. The van der Waals surface area contributed by atoms with Gasteiger partial charge >= 0.3 is 5.63 Å². The molecule has 2 rings (SSSR count). The van der Waals surface area contributed by atoms with E-state index in [1.165, 1.54) is 12.1 Å². The Morgan fingerprint density at radius 1 is 1.40 bits per heavy atom. The Morgan fingerprint density at radius 3 is 2.80 bits per heavy atom. The van der Waals surface area contributed by atoms with E-state index >= 15 is 0 Å². The Hall–Kier alpha value is -2.17. The largest absolute Gasteiger partial charge is 0.870 e. The molecule has 0 saturated carbocycles. The summed E-state index contributed by atoms with van der Waals surface area (Å²) in [7, 11) is 1.58. The van der Waals surface area contributed by atoms with Crippen molar-refractivity contribution < 1.29 is 14.6 Å². The van der Waals surface area contributed by atoms with Gasteiger partial charge in [0.15, 0.2) is 0 Å². The maximum Gasteiger partial charge on any atom is 0.359 e. The van der Waals surface area contributed by atoms with E-state index in [4.69, 9.17) is 4.42 Å². The summed E-state index contributed by atoms with van der Waals surface area (Å²) in [4.78, 5) is 11.3. The first-order chi connectivity index (χ1) is 7.11. The molecule has 1 aromatic heterocycles. The summed E-state index contributed by atoms with van der Waals surface area (Å²) < 4.78 is 4.89. The number of fused-ring (bicyclic) bond motifs is 1. The van der Waals surface area contributed by atoms with Crippen molar-refractivity contribution in [1.29, 1.82) is 0 Å². The van der Waals surface area contributed by atoms with Crippen LogP contribution in [0.2, 0.25) is 0 Å². The lowest BCUT2D eigenvalue weighted by Crippen LogP contribution is -2.06. The number of rotatable bonds is 1. The van der Waals surface area contributed by atoms with Gasteiger partial charge < -0.3 is 19.9 Å². The van der Waals surface area contributed by atoms with Crippen LogP contribution in [0.25, 0.3) is 11.0 Å². The van der Waals surface area contributed by atoms with Crippen molar-refractivity contribution in [2.24, 2.45) is 0 Å². The summed E-state index contributed by atoms with van der Waals surface area (Å²) in [6.45, 7) is 0. The van der Waals surface area contributed by atoms with Crippen molar-refractivity contribution in [3.8, 4) is 11.5 Å². The summed E-state index contributed by atoms with van der Waals surface area (Å²) in [6.07, 6.45) is 0. The van der Waals surface area contributed by atoms with E-state index in [-0.39, 0.29) is 17.0 Å². The Labute approximate surface area is 84.6 Å². The minimum Gasteiger partial charge on any atom is -0.870 e. The van der Waals surface area contributed by atoms with E-state index in [1.54, 1.807) is 7.05 Å². The van der Waals surface area contributed by atoms with Crippen LogP contribution in [0.4, 0.5) is 5.69 Å². The first-order valence-corrected chi connectivity index (χ1v) is 4.27. The highest BCUT2D eigenvalue weighted by Crippen LogP contribution is 2.28. The minimum absolute atomic E-state index is 0.168. The van der Waals surface area contributed by atoms with Gasteiger partial charge in [-0.15, -0.1) is 0 Å². The van der Waals surface area contributed by atoms with Gasteiger partial charge in [0.05, 0.1) is 0 Å². The van der Waals surface area contributed by atoms with E-state index in [2.05, 4.69) is 5.32 Å². The number of aromatic hydroxyl groups is 1. The predicted molar refractivity (Wildman–Crippen MR) is 53.1 cm³/mol. The van der Waals surface area contributed by atoms with Crippen LogP contribution in [-0.2, 0) is 0 Å². The van der Waals surface area contributed by atoms with Gasteiger partial charge in [-0.1, -0.05) is 5.75 Å². The number of anilines is 1. The first-order valence-electron chi connectivity index (χ1n) is 4.27. The van der Waals surface area contributed by atoms with Crippen molar-refractivity contribution in [3.05, 3.63) is 28.6 Å². The molecule has 0 fully saturated rings. The molecule has 0 atom stereocenters. The molecule has 0 radical (unpaired) electrons. The highest BCUT2D eigenvalue weighted by molar-refractivity contribution is 5.82. The van der Waals surface area contributed by atoms with Gasteiger partial charge in [-0.05, 0) is 18.2 Å². The van der Waals surface area contributed by atoms with Crippen molar-refractivity contribution in [2.75, 3.05) is 12.4 Å². The summed E-state index contributed by atoms with van der Waals surface area (Å²) in [5, 5.41) is 23.4. The molecule has 0 bridgehead atoms. The quantitative estimate of drug-likeness (QED) is 0.668. The molecule has 1 aromatic carbocycles. The van der Waals surface area contributed by atoms with Crippen LogP contribution in [0.1, 0.15) is 0 Å². The molecule has 0 amide bonds. The Balaban J connectivity index is 2.82. The van der Waals surface area contributed by atoms with Crippen molar-refractivity contribution in [3.63, 3.8) is 0 Å². The standard InChI is InChI=1S/C10H9NO4/c1-11-6-2-5-3-7(12)8(13)4-9(5)15-10(6)14/h2-4,11-13H,1H3/p-1. The van der Waals surface area contributed by atoms with Crippen LogP contribution < -0.4 is 16.0 Å². The Morgan fingerprint density at radius 2 is 2.13 bits per heavy atom. The third-order valence-corrected chi connectivity index (χ3v) is 2.08. The molecule has 78 valence electrons. The van der Waals surface area contributed by atoms with Gasteiger partial charge in [0.2, 0.25) is 0 Å². The van der Waals surface area contributed by atoms with Crippen LogP contribution in [0.5, 0.6) is 11.5 Å². The molecule has 5 heteroatoms. The average Bonchev–Trinajstić information content (AvgIpc) is 2.20. The fourth-order valence-corrected chi connectivity index (χ4v) is 1.31. The molecular formula is C10H8NO4-. The van der Waals surface area contributed by atoms with Gasteiger partial charge in [0, 0.05) is 12.4 Å². The first kappa shape index (κ1) is 9.39. The monoisotopic (exact) mass is 206 g/mol. The van der Waals surface area contributed by atoms with E-state index in [0.717, 1.165) is 6.07 Å². The van der Waals surface area contributed by atoms with E-state index < -0.39 is 11.4 Å². The van der Waals surface area contributed by atoms with Gasteiger partial charge in [-0.25, -0.2) is 4.79 Å². The van der Waals surface area contributed by atoms with Gasteiger partial charge in [-0.3, -0.25) is 0 Å². The lowest BCUT2D eigenvalue weighted by Gasteiger charge is -2.09. The maximum atomic E-state index is 11.3. The summed E-state index contributed by atoms with van der Waals surface area (Å²) in [5.41, 5.74) is -0.0996. The van der Waals surface area contributed by atoms with Crippen LogP contribution in [0.3, 0.4) is 0 Å². The van der Waals surface area contributed by atoms with Gasteiger partial charge in [0.1, 0.15) is 17.0 Å². The third kappa shape index (κ3) is 1.48. The second-order valence-electron chi connectivity index (χ2n) is 3.06. The fourth-order valence-electron chi connectivity index (χ4n) is 1.31. The topological polar surface area (TPSA) is 85.5 Å². The van der Waals surface area contributed by atoms with Crippen molar-refractivity contribution in [1.82, 2.24) is 0 Å². The molecule has 2 aromatic rings. The van der Waals surface area contributed by atoms with E-state index in [0.29, 0.717) is 5.39 Å². The number of hydrogen-bond acceptors (Lipinski definition) is 5. The van der Waals surface area contributed by atoms with Crippen molar-refractivity contribution >= 4 is 16.7 Å². The Bertz CT molecular complexity index is 573. The summed E-state index contributed by atoms with van der Waals surface area (Å²) in [6, 6.07) is 3.87. The number of phenolic OH excluding ortho intramolecular Hbond substituents is 1. The maximum absolute atomic E-state index is 11.3. The molecule has 0 aliphatic rings. The molecule has 0 spiro atoms. The molecule has 1 heterocycles. The van der Waals surface area contributed by atoms with Crippen LogP contribution >= 0.6 is 0 Å². The normalized spacial score (nSPS) is 10.5. The molecule has 0 unspecified atom stereocenters. The summed E-state index contributed by atoms with van der Waals surface area (Å²) in [5.74, 6) is -0.929. The highest BCUT2D eigenvalue weighted by atomic mass is 16.4. The lowest BCUT2D eigenvalue weighted by atomic mass is 10.2. The fraction of sp³-hybridized carbons (Fsp3) is 0.100. The van der Waals surface area contributed by atoms with Crippen LogP contribution in [0, 0.1) is 0 Å². The SMILES string of the molecule is CNc1cc2cc(O)c([O-])cc2oc1=O. The van der Waals surface area contributed by atoms with E-state index in [9.17, 15) is 15.0 Å². The van der Waals surface area contributed by atoms with Crippen LogP contribution in [0.15, 0.2) is 27.4 Å². The Kier molecular flexibility index (Phi) is 2.00. The molecule has 0 saturated heterocycles. The van der Waals surface area contributed by atoms with E-state index in [1.807, 2.05) is 0 Å². The molecule has 0 aliphatic heterocycles. The van der Waals surface area contributed by atoms with Gasteiger partial charge in [-0.2, -0.15) is 0 Å².